The Morgan fingerprint density at radius 3 is 2.63 bits per heavy atom. The van der Waals surface area contributed by atoms with Gasteiger partial charge < -0.3 is 15.0 Å². The highest BCUT2D eigenvalue weighted by Crippen LogP contribution is 2.28. The van der Waals surface area contributed by atoms with E-state index in [1.165, 1.54) is 6.07 Å². The minimum absolute atomic E-state index is 0.0162. The zero-order valence-electron chi connectivity index (χ0n) is 11.8. The van der Waals surface area contributed by atoms with Gasteiger partial charge in [0.05, 0.1) is 17.1 Å². The van der Waals surface area contributed by atoms with Crippen molar-refractivity contribution >= 4 is 11.4 Å². The lowest BCUT2D eigenvalue weighted by atomic mass is 10.2. The smallest absolute Gasteiger partial charge is 0.275 e. The van der Waals surface area contributed by atoms with Gasteiger partial charge in [0, 0.05) is 38.0 Å². The van der Waals surface area contributed by atoms with Crippen LogP contribution < -0.4 is 15.0 Å². The normalized spacial score (nSPS) is 10.6. The number of nitrogens with zero attached hydrogens (tertiary/aromatic N) is 2. The molecule has 0 aromatic heterocycles. The van der Waals surface area contributed by atoms with Crippen molar-refractivity contribution in [3.8, 4) is 5.75 Å². The summed E-state index contributed by atoms with van der Waals surface area (Å²) in [5.41, 5.74) is 0.824. The molecule has 0 unspecified atom stereocenters. The summed E-state index contributed by atoms with van der Waals surface area (Å²) in [6.07, 6.45) is -0.0162. The highest BCUT2D eigenvalue weighted by molar-refractivity contribution is 5.57. The van der Waals surface area contributed by atoms with Crippen LogP contribution in [0.25, 0.3) is 0 Å². The van der Waals surface area contributed by atoms with Crippen LogP contribution in [0.4, 0.5) is 11.4 Å². The molecular formula is C13H21N3O3. The summed E-state index contributed by atoms with van der Waals surface area (Å²) in [5, 5.41) is 14.0. The lowest BCUT2D eigenvalue weighted by molar-refractivity contribution is -0.384. The summed E-state index contributed by atoms with van der Waals surface area (Å²) in [6, 6.07) is 4.83. The molecule has 0 aliphatic heterocycles. The fourth-order valence-electron chi connectivity index (χ4n) is 1.64. The highest BCUT2D eigenvalue weighted by Gasteiger charge is 2.13. The van der Waals surface area contributed by atoms with E-state index in [0.717, 1.165) is 18.8 Å². The maximum Gasteiger partial charge on any atom is 0.275 e. The van der Waals surface area contributed by atoms with Gasteiger partial charge in [-0.1, -0.05) is 0 Å². The second-order valence-corrected chi connectivity index (χ2v) is 4.63. The van der Waals surface area contributed by atoms with Gasteiger partial charge in [0.1, 0.15) is 5.75 Å². The first-order valence-electron chi connectivity index (χ1n) is 6.26. The van der Waals surface area contributed by atoms with Crippen molar-refractivity contribution in [2.45, 2.75) is 20.0 Å². The van der Waals surface area contributed by atoms with Crippen LogP contribution in [0.1, 0.15) is 13.8 Å². The Labute approximate surface area is 113 Å². The molecule has 0 radical (unpaired) electrons. The zero-order chi connectivity index (χ0) is 14.4. The Kier molecular flexibility index (Phi) is 5.57. The molecule has 0 bridgehead atoms. The number of hydrogen-bond donors (Lipinski definition) is 1. The first-order valence-corrected chi connectivity index (χ1v) is 6.26. The van der Waals surface area contributed by atoms with Crippen molar-refractivity contribution in [1.29, 1.82) is 0 Å². The van der Waals surface area contributed by atoms with Crippen LogP contribution in [0.2, 0.25) is 0 Å². The number of ether oxygens (including phenoxy) is 1. The van der Waals surface area contributed by atoms with Gasteiger partial charge >= 0.3 is 0 Å². The van der Waals surface area contributed by atoms with E-state index < -0.39 is 4.92 Å². The molecule has 0 fully saturated rings. The van der Waals surface area contributed by atoms with Crippen LogP contribution in [0.5, 0.6) is 5.75 Å². The third kappa shape index (κ3) is 4.75. The lowest BCUT2D eigenvalue weighted by Crippen LogP contribution is -2.27. The van der Waals surface area contributed by atoms with Crippen molar-refractivity contribution < 1.29 is 9.66 Å². The first-order chi connectivity index (χ1) is 8.93. The average molecular weight is 267 g/mol. The number of anilines is 1. The Morgan fingerprint density at radius 1 is 1.42 bits per heavy atom. The molecule has 1 aromatic rings. The maximum absolute atomic E-state index is 10.9. The van der Waals surface area contributed by atoms with Gasteiger partial charge in [-0.25, -0.2) is 0 Å². The fourth-order valence-corrected chi connectivity index (χ4v) is 1.64. The number of nitrogens with one attached hydrogen (secondary N) is 1. The van der Waals surface area contributed by atoms with Crippen molar-refractivity contribution in [1.82, 2.24) is 5.32 Å². The number of hydrogen-bond acceptors (Lipinski definition) is 5. The van der Waals surface area contributed by atoms with E-state index in [4.69, 9.17) is 4.74 Å². The van der Waals surface area contributed by atoms with Crippen LogP contribution in [-0.2, 0) is 0 Å². The molecule has 19 heavy (non-hydrogen) atoms. The van der Waals surface area contributed by atoms with E-state index in [9.17, 15) is 10.1 Å². The average Bonchev–Trinajstić information content (AvgIpc) is 2.34. The van der Waals surface area contributed by atoms with Gasteiger partial charge in [0.25, 0.3) is 5.69 Å². The summed E-state index contributed by atoms with van der Waals surface area (Å²) in [6.45, 7) is 5.35. The Hall–Kier alpha value is -1.82. The van der Waals surface area contributed by atoms with Crippen LogP contribution in [0, 0.1) is 10.1 Å². The number of non-ortho nitro benzene ring substituents is 1. The van der Waals surface area contributed by atoms with Gasteiger partial charge in [0.2, 0.25) is 0 Å². The second kappa shape index (κ2) is 6.94. The molecule has 1 N–H and O–H groups in total. The van der Waals surface area contributed by atoms with Crippen LogP contribution in [0.3, 0.4) is 0 Å². The van der Waals surface area contributed by atoms with Crippen LogP contribution in [0.15, 0.2) is 18.2 Å². The van der Waals surface area contributed by atoms with E-state index in [-0.39, 0.29) is 11.8 Å². The molecule has 0 aliphatic carbocycles. The van der Waals surface area contributed by atoms with E-state index in [2.05, 4.69) is 5.32 Å². The molecule has 6 heteroatoms. The SMILES string of the molecule is CNCCN(C)c1cc(OC(C)C)cc([N+](=O)[O-])c1. The molecule has 1 rings (SSSR count). The topological polar surface area (TPSA) is 67.6 Å². The Bertz CT molecular complexity index is 435. The minimum Gasteiger partial charge on any atom is -0.491 e. The first kappa shape index (κ1) is 15.2. The Balaban J connectivity index is 3.01. The predicted molar refractivity (Wildman–Crippen MR) is 76.1 cm³/mol. The summed E-state index contributed by atoms with van der Waals surface area (Å²) in [5.74, 6) is 0.524. The van der Waals surface area contributed by atoms with Gasteiger partial charge in [-0.15, -0.1) is 0 Å². The molecule has 0 heterocycles. The van der Waals surface area contributed by atoms with Crippen LogP contribution in [-0.4, -0.2) is 38.2 Å². The number of rotatable bonds is 7. The molecule has 6 nitrogen and oxygen atoms in total. The molecule has 0 aliphatic rings. The molecule has 0 amide bonds. The molecule has 106 valence electrons. The van der Waals surface area contributed by atoms with E-state index in [1.54, 1.807) is 6.07 Å². The van der Waals surface area contributed by atoms with Crippen molar-refractivity contribution in [3.05, 3.63) is 28.3 Å². The summed E-state index contributed by atoms with van der Waals surface area (Å²) >= 11 is 0. The second-order valence-electron chi connectivity index (χ2n) is 4.63. The molecule has 0 saturated heterocycles. The van der Waals surface area contributed by atoms with E-state index in [1.807, 2.05) is 38.9 Å². The summed E-state index contributed by atoms with van der Waals surface area (Å²) in [4.78, 5) is 12.5. The van der Waals surface area contributed by atoms with Crippen molar-refractivity contribution in [3.63, 3.8) is 0 Å². The maximum atomic E-state index is 10.9. The van der Waals surface area contributed by atoms with Gasteiger partial charge in [-0.3, -0.25) is 10.1 Å². The molecule has 0 spiro atoms. The molecular weight excluding hydrogens is 246 g/mol. The van der Waals surface area contributed by atoms with Crippen molar-refractivity contribution in [2.24, 2.45) is 0 Å². The van der Waals surface area contributed by atoms with E-state index >= 15 is 0 Å². The van der Waals surface area contributed by atoms with Gasteiger partial charge in [-0.2, -0.15) is 0 Å². The van der Waals surface area contributed by atoms with Gasteiger partial charge in [-0.05, 0) is 20.9 Å². The molecule has 0 saturated carbocycles. The monoisotopic (exact) mass is 267 g/mol. The number of likely N-dealkylation sites (N-methyl/N-ethyl adjacent to an activating group) is 2. The largest absolute Gasteiger partial charge is 0.491 e. The molecule has 0 atom stereocenters. The number of nitro groups is 1. The highest BCUT2D eigenvalue weighted by atomic mass is 16.6. The third-order valence-electron chi connectivity index (χ3n) is 2.60. The van der Waals surface area contributed by atoms with Crippen LogP contribution >= 0.6 is 0 Å². The third-order valence-corrected chi connectivity index (χ3v) is 2.60. The zero-order valence-corrected chi connectivity index (χ0v) is 11.8. The van der Waals surface area contributed by atoms with Gasteiger partial charge in [0.15, 0.2) is 0 Å². The molecule has 1 aromatic carbocycles. The quantitative estimate of drug-likeness (QED) is 0.605. The fraction of sp³-hybridized carbons (Fsp3) is 0.538. The lowest BCUT2D eigenvalue weighted by Gasteiger charge is -2.20. The Morgan fingerprint density at radius 2 is 2.11 bits per heavy atom. The minimum atomic E-state index is -0.400. The summed E-state index contributed by atoms with van der Waals surface area (Å²) < 4.78 is 5.55. The number of benzene rings is 1. The van der Waals surface area contributed by atoms with E-state index in [0.29, 0.717) is 5.75 Å². The van der Waals surface area contributed by atoms with Crippen molar-refractivity contribution in [2.75, 3.05) is 32.1 Å². The predicted octanol–water partition coefficient (Wildman–Crippen LogP) is 2.04. The number of nitro benzene ring substituents is 1. The standard InChI is InChI=1S/C13H21N3O3/c1-10(2)19-13-8-11(15(4)6-5-14-3)7-12(9-13)16(17)18/h7-10,14H,5-6H2,1-4H3. The summed E-state index contributed by atoms with van der Waals surface area (Å²) in [7, 11) is 3.77.